The van der Waals surface area contributed by atoms with Gasteiger partial charge in [-0.2, -0.15) is 18.2 Å². The van der Waals surface area contributed by atoms with Crippen molar-refractivity contribution in [3.8, 4) is 11.1 Å². The molecule has 1 amide bonds. The standard InChI is InChI=1S/C30H28F4N4O3S2/c1-5-23(39)37-15(2)11-36(12-16(37)3)28-20-10-21(30(32,33)34)24(18-6-7-22(31)26-19(18)8-9-42-26)27-25(20)38(29(40)35-28)17(13-41-4)14-43-27/h5-10,15-17H,1,11-14H2,2-4H3/t15-,16+,17-/m0/s1. The number of carbonyl (C=O) groups is 1. The number of halogens is 4. The molecule has 226 valence electrons. The van der Waals surface area contributed by atoms with Crippen LogP contribution in [0.25, 0.3) is 32.1 Å². The SMILES string of the molecule is C=CC(=O)N1[C@H](C)CN(c2nc(=O)n3c4c(c(-c5ccc(F)c6sccc56)c(C(F)(F)F)cc24)SC[C@@H]3COC)C[C@@H]1C. The number of nitrogens with zero attached hydrogens (tertiary/aromatic N) is 4. The summed E-state index contributed by atoms with van der Waals surface area (Å²) in [6, 6.07) is 4.16. The lowest BCUT2D eigenvalue weighted by Gasteiger charge is -2.45. The number of thioether (sulfide) groups is 1. The van der Waals surface area contributed by atoms with Crippen molar-refractivity contribution >= 4 is 55.8 Å². The van der Waals surface area contributed by atoms with E-state index in [1.807, 2.05) is 13.8 Å². The molecule has 0 aliphatic carbocycles. The van der Waals surface area contributed by atoms with Crippen LogP contribution in [0.2, 0.25) is 0 Å². The molecule has 3 atom stereocenters. The molecule has 0 unspecified atom stereocenters. The van der Waals surface area contributed by atoms with Crippen molar-refractivity contribution in [3.63, 3.8) is 0 Å². The summed E-state index contributed by atoms with van der Waals surface area (Å²) in [5.74, 6) is -0.329. The molecule has 2 aliphatic heterocycles. The summed E-state index contributed by atoms with van der Waals surface area (Å²) in [7, 11) is 1.50. The summed E-state index contributed by atoms with van der Waals surface area (Å²) in [6.07, 6.45) is -3.53. The molecule has 4 heterocycles. The number of carbonyl (C=O) groups excluding carboxylic acids is 1. The molecule has 0 N–H and O–H groups in total. The van der Waals surface area contributed by atoms with Crippen LogP contribution >= 0.6 is 23.1 Å². The van der Waals surface area contributed by atoms with E-state index >= 15 is 0 Å². The first-order valence-corrected chi connectivity index (χ1v) is 15.5. The van der Waals surface area contributed by atoms with E-state index < -0.39 is 29.3 Å². The minimum atomic E-state index is -4.77. The zero-order valence-electron chi connectivity index (χ0n) is 23.6. The monoisotopic (exact) mass is 632 g/mol. The Balaban J connectivity index is 1.67. The van der Waals surface area contributed by atoms with E-state index in [2.05, 4.69) is 11.6 Å². The Hall–Kier alpha value is -3.42. The van der Waals surface area contributed by atoms with Gasteiger partial charge in [0.2, 0.25) is 5.91 Å². The fourth-order valence-corrected chi connectivity index (χ4v) is 8.56. The summed E-state index contributed by atoms with van der Waals surface area (Å²) < 4.78 is 66.7. The number of benzene rings is 2. The number of anilines is 1. The molecule has 2 aromatic heterocycles. The van der Waals surface area contributed by atoms with Gasteiger partial charge in [0.25, 0.3) is 0 Å². The van der Waals surface area contributed by atoms with Gasteiger partial charge in [0.15, 0.2) is 0 Å². The van der Waals surface area contributed by atoms with Gasteiger partial charge >= 0.3 is 11.9 Å². The summed E-state index contributed by atoms with van der Waals surface area (Å²) in [5, 5.41) is 2.21. The van der Waals surface area contributed by atoms with Crippen LogP contribution in [-0.2, 0) is 15.7 Å². The first-order valence-electron chi connectivity index (χ1n) is 13.6. The van der Waals surface area contributed by atoms with Gasteiger partial charge in [-0.25, -0.2) is 9.18 Å². The van der Waals surface area contributed by atoms with E-state index in [-0.39, 0.29) is 70.5 Å². The fourth-order valence-electron chi connectivity index (χ4n) is 6.42. The topological polar surface area (TPSA) is 67.7 Å². The average Bonchev–Trinajstić information content (AvgIpc) is 3.45. The molecule has 43 heavy (non-hydrogen) atoms. The molecule has 1 fully saturated rings. The molecule has 2 aliphatic rings. The number of rotatable bonds is 5. The van der Waals surface area contributed by atoms with Crippen LogP contribution in [0, 0.1) is 5.82 Å². The predicted octanol–water partition coefficient (Wildman–Crippen LogP) is 6.34. The lowest BCUT2D eigenvalue weighted by Crippen LogP contribution is -2.58. The van der Waals surface area contributed by atoms with E-state index in [0.29, 0.717) is 15.8 Å². The van der Waals surface area contributed by atoms with Crippen molar-refractivity contribution in [1.29, 1.82) is 0 Å². The molecule has 0 saturated carbocycles. The molecule has 0 radical (unpaired) electrons. The molecule has 1 saturated heterocycles. The van der Waals surface area contributed by atoms with Crippen molar-refractivity contribution in [3.05, 3.63) is 64.2 Å². The van der Waals surface area contributed by atoms with Crippen LogP contribution in [0.15, 0.2) is 52.0 Å². The quantitative estimate of drug-likeness (QED) is 0.189. The minimum absolute atomic E-state index is 0.0855. The van der Waals surface area contributed by atoms with E-state index in [0.717, 1.165) is 17.4 Å². The molecule has 13 heteroatoms. The van der Waals surface area contributed by atoms with E-state index in [1.54, 1.807) is 21.2 Å². The molecule has 6 rings (SSSR count). The number of amides is 1. The van der Waals surface area contributed by atoms with Crippen molar-refractivity contribution in [2.75, 3.05) is 37.5 Å². The van der Waals surface area contributed by atoms with Crippen molar-refractivity contribution < 1.29 is 27.1 Å². The highest BCUT2D eigenvalue weighted by Crippen LogP contribution is 2.51. The number of ether oxygens (including phenoxy) is 1. The fraction of sp³-hybridized carbons (Fsp3) is 0.367. The Morgan fingerprint density at radius 1 is 1.19 bits per heavy atom. The number of alkyl halides is 3. The number of methoxy groups -OCH3 is 1. The third-order valence-electron chi connectivity index (χ3n) is 8.08. The summed E-state index contributed by atoms with van der Waals surface area (Å²) in [5.41, 5.74) is -0.981. The molecule has 4 aromatic rings. The molecule has 0 bridgehead atoms. The normalized spacial score (nSPS) is 20.7. The third-order valence-corrected chi connectivity index (χ3v) is 10.2. The second-order valence-electron chi connectivity index (χ2n) is 10.8. The highest BCUT2D eigenvalue weighted by Gasteiger charge is 2.41. The Bertz CT molecular complexity index is 1820. The van der Waals surface area contributed by atoms with Gasteiger partial charge < -0.3 is 14.5 Å². The zero-order chi connectivity index (χ0) is 30.8. The Morgan fingerprint density at radius 3 is 2.56 bits per heavy atom. The predicted molar refractivity (Wildman–Crippen MR) is 162 cm³/mol. The Labute approximate surface area is 252 Å². The van der Waals surface area contributed by atoms with Gasteiger partial charge in [-0.3, -0.25) is 9.36 Å². The third kappa shape index (κ3) is 4.81. The van der Waals surface area contributed by atoms with Crippen molar-refractivity contribution in [1.82, 2.24) is 14.5 Å². The number of aromatic nitrogens is 2. The van der Waals surface area contributed by atoms with E-state index in [1.165, 1.54) is 41.6 Å². The highest BCUT2D eigenvalue weighted by atomic mass is 32.2. The lowest BCUT2D eigenvalue weighted by atomic mass is 9.93. The maximum absolute atomic E-state index is 15.0. The number of thiophene rings is 1. The lowest BCUT2D eigenvalue weighted by molar-refractivity contribution is -0.137. The smallest absolute Gasteiger partial charge is 0.383 e. The van der Waals surface area contributed by atoms with Crippen LogP contribution < -0.4 is 10.6 Å². The van der Waals surface area contributed by atoms with E-state index in [4.69, 9.17) is 4.74 Å². The molecule has 0 spiro atoms. The average molecular weight is 633 g/mol. The van der Waals surface area contributed by atoms with Gasteiger partial charge in [0.1, 0.15) is 11.6 Å². The molecule has 7 nitrogen and oxygen atoms in total. The first kappa shape index (κ1) is 29.6. The van der Waals surface area contributed by atoms with Crippen molar-refractivity contribution in [2.24, 2.45) is 0 Å². The maximum atomic E-state index is 15.0. The van der Waals surface area contributed by atoms with Gasteiger partial charge in [-0.1, -0.05) is 12.6 Å². The van der Waals surface area contributed by atoms with Gasteiger partial charge in [0, 0.05) is 59.3 Å². The van der Waals surface area contributed by atoms with Gasteiger partial charge in [0.05, 0.1) is 28.4 Å². The van der Waals surface area contributed by atoms with Crippen LogP contribution in [0.5, 0.6) is 0 Å². The number of hydrogen-bond donors (Lipinski definition) is 0. The maximum Gasteiger partial charge on any atom is 0.417 e. The number of piperazine rings is 1. The molecule has 2 aromatic carbocycles. The number of fused-ring (bicyclic) bond motifs is 1. The second kappa shape index (κ2) is 10.9. The first-order chi connectivity index (χ1) is 20.5. The largest absolute Gasteiger partial charge is 0.417 e. The number of hydrogen-bond acceptors (Lipinski definition) is 7. The van der Waals surface area contributed by atoms with Crippen LogP contribution in [0.4, 0.5) is 23.4 Å². The van der Waals surface area contributed by atoms with Gasteiger partial charge in [-0.05, 0) is 49.1 Å². The summed E-state index contributed by atoms with van der Waals surface area (Å²) >= 11 is 2.35. The minimum Gasteiger partial charge on any atom is -0.383 e. The summed E-state index contributed by atoms with van der Waals surface area (Å²) in [4.78, 5) is 34.4. The molecular formula is C30H28F4N4O3S2. The van der Waals surface area contributed by atoms with Crippen LogP contribution in [0.1, 0.15) is 25.5 Å². The Morgan fingerprint density at radius 2 is 1.91 bits per heavy atom. The summed E-state index contributed by atoms with van der Waals surface area (Å²) in [6.45, 7) is 7.94. The van der Waals surface area contributed by atoms with Crippen molar-refractivity contribution in [2.45, 2.75) is 43.0 Å². The van der Waals surface area contributed by atoms with Gasteiger partial charge in [-0.15, -0.1) is 23.1 Å². The van der Waals surface area contributed by atoms with Crippen LogP contribution in [0.3, 0.4) is 0 Å². The Kier molecular flexibility index (Phi) is 7.54. The van der Waals surface area contributed by atoms with E-state index in [9.17, 15) is 27.2 Å². The zero-order valence-corrected chi connectivity index (χ0v) is 25.2. The highest BCUT2D eigenvalue weighted by molar-refractivity contribution is 7.99. The van der Waals surface area contributed by atoms with Crippen LogP contribution in [-0.4, -0.2) is 65.0 Å². The second-order valence-corrected chi connectivity index (χ2v) is 12.8. The molecular weight excluding hydrogens is 604 g/mol.